The van der Waals surface area contributed by atoms with E-state index in [0.717, 1.165) is 18.3 Å². The van der Waals surface area contributed by atoms with Crippen LogP contribution in [0.15, 0.2) is 0 Å². The minimum atomic E-state index is -0.256. The molecule has 0 aromatic rings. The quantitative estimate of drug-likeness (QED) is 0.506. The zero-order chi connectivity index (χ0) is 6.95. The zero-order valence-electron chi connectivity index (χ0n) is 5.50. The predicted molar refractivity (Wildman–Crippen MR) is 41.9 cm³/mol. The second kappa shape index (κ2) is 8.37. The number of unbranched alkanes of at least 4 members (excludes halogenated alkanes) is 1. The smallest absolute Gasteiger partial charge is 0.102 e. The van der Waals surface area contributed by atoms with Crippen LogP contribution in [-0.2, 0) is 0 Å². The molecule has 0 bridgehead atoms. The van der Waals surface area contributed by atoms with Crippen LogP contribution in [0.1, 0.15) is 12.8 Å². The summed E-state index contributed by atoms with van der Waals surface area (Å²) in [5, 5.41) is 4.02. The van der Waals surface area contributed by atoms with E-state index in [9.17, 15) is 4.39 Å². The molecule has 0 amide bonds. The summed E-state index contributed by atoms with van der Waals surface area (Å²) in [6.07, 6.45) is 2.30. The molecule has 0 unspecified atom stereocenters. The van der Waals surface area contributed by atoms with Crippen molar-refractivity contribution < 1.29 is 4.39 Å². The molecular weight excluding hydrogens is 185 g/mol. The fourth-order valence-corrected chi connectivity index (χ4v) is 0.933. The Morgan fingerprint density at radius 2 is 2.00 bits per heavy atom. The van der Waals surface area contributed by atoms with Crippen molar-refractivity contribution in [1.29, 1.82) is 0 Å². The second-order valence-electron chi connectivity index (χ2n) is 1.84. The number of rotatable bonds is 6. The van der Waals surface area contributed by atoms with Crippen molar-refractivity contribution in [2.45, 2.75) is 12.8 Å². The van der Waals surface area contributed by atoms with Crippen molar-refractivity contribution in [1.82, 2.24) is 5.32 Å². The van der Waals surface area contributed by atoms with Crippen molar-refractivity contribution in [3.8, 4) is 0 Å². The van der Waals surface area contributed by atoms with Crippen LogP contribution in [-0.4, -0.2) is 25.1 Å². The molecule has 0 saturated heterocycles. The summed E-state index contributed by atoms with van der Waals surface area (Å²) in [6.45, 7) is 1.19. The van der Waals surface area contributed by atoms with E-state index in [0.29, 0.717) is 6.54 Å². The van der Waals surface area contributed by atoms with Crippen LogP contribution in [0.2, 0.25) is 0 Å². The highest BCUT2D eigenvalue weighted by Crippen LogP contribution is 1.90. The lowest BCUT2D eigenvalue weighted by atomic mass is 10.3. The van der Waals surface area contributed by atoms with Gasteiger partial charge < -0.3 is 5.32 Å². The molecule has 0 aromatic carbocycles. The molecule has 56 valence electrons. The van der Waals surface area contributed by atoms with E-state index in [1.165, 1.54) is 6.42 Å². The van der Waals surface area contributed by atoms with Gasteiger partial charge in [-0.15, -0.1) is 0 Å². The first-order chi connectivity index (χ1) is 4.41. The molecule has 1 nitrogen and oxygen atoms in total. The van der Waals surface area contributed by atoms with Crippen molar-refractivity contribution in [3.05, 3.63) is 0 Å². The Bertz CT molecular complexity index is 46.3. The molecule has 0 atom stereocenters. The minimum Gasteiger partial charge on any atom is -0.314 e. The summed E-state index contributed by atoms with van der Waals surface area (Å²) in [6, 6.07) is 0. The van der Waals surface area contributed by atoms with E-state index in [1.807, 2.05) is 0 Å². The van der Waals surface area contributed by atoms with Gasteiger partial charge in [-0.25, -0.2) is 4.39 Å². The van der Waals surface area contributed by atoms with Gasteiger partial charge in [0, 0.05) is 11.9 Å². The fraction of sp³-hybridized carbons (Fsp3) is 1.00. The highest BCUT2D eigenvalue weighted by atomic mass is 79.9. The molecule has 0 spiro atoms. The van der Waals surface area contributed by atoms with Crippen LogP contribution in [0.4, 0.5) is 4.39 Å². The van der Waals surface area contributed by atoms with Gasteiger partial charge in [-0.1, -0.05) is 15.9 Å². The van der Waals surface area contributed by atoms with Gasteiger partial charge >= 0.3 is 0 Å². The molecule has 0 aliphatic rings. The van der Waals surface area contributed by atoms with Gasteiger partial charge in [0.25, 0.3) is 0 Å². The Labute approximate surface area is 64.1 Å². The molecule has 0 saturated carbocycles. The lowest BCUT2D eigenvalue weighted by Gasteiger charge is -1.98. The number of nitrogens with one attached hydrogen (secondary N) is 1. The largest absolute Gasteiger partial charge is 0.314 e. The third kappa shape index (κ3) is 8.37. The Hall–Kier alpha value is 0.370. The fourth-order valence-electron chi connectivity index (χ4n) is 0.536. The van der Waals surface area contributed by atoms with Gasteiger partial charge in [0.1, 0.15) is 6.67 Å². The van der Waals surface area contributed by atoms with Gasteiger partial charge in [0.2, 0.25) is 0 Å². The van der Waals surface area contributed by atoms with Crippen molar-refractivity contribution in [2.24, 2.45) is 0 Å². The van der Waals surface area contributed by atoms with Crippen LogP contribution in [0.5, 0.6) is 0 Å². The average Bonchev–Trinajstić information content (AvgIpc) is 1.89. The van der Waals surface area contributed by atoms with Gasteiger partial charge in [-0.2, -0.15) is 0 Å². The van der Waals surface area contributed by atoms with Crippen LogP contribution < -0.4 is 5.32 Å². The van der Waals surface area contributed by atoms with Crippen molar-refractivity contribution in [3.63, 3.8) is 0 Å². The summed E-state index contributed by atoms with van der Waals surface area (Å²) in [7, 11) is 0. The maximum atomic E-state index is 11.4. The minimum absolute atomic E-state index is 0.256. The Balaban J connectivity index is 2.60. The van der Waals surface area contributed by atoms with Crippen LogP contribution >= 0.6 is 15.9 Å². The summed E-state index contributed by atoms with van der Waals surface area (Å²) in [5.74, 6) is 0. The number of halogens is 2. The van der Waals surface area contributed by atoms with Gasteiger partial charge in [-0.3, -0.25) is 0 Å². The zero-order valence-corrected chi connectivity index (χ0v) is 7.08. The molecule has 0 heterocycles. The van der Waals surface area contributed by atoms with Crippen LogP contribution in [0, 0.1) is 0 Å². The molecule has 0 aliphatic carbocycles. The highest BCUT2D eigenvalue weighted by Gasteiger charge is 1.85. The Morgan fingerprint density at radius 3 is 2.56 bits per heavy atom. The van der Waals surface area contributed by atoms with Gasteiger partial charge in [0.05, 0.1) is 0 Å². The molecule has 0 aliphatic heterocycles. The summed E-state index contributed by atoms with van der Waals surface area (Å²) in [4.78, 5) is 0. The van der Waals surface area contributed by atoms with Gasteiger partial charge in [0.15, 0.2) is 0 Å². The third-order valence-corrected chi connectivity index (χ3v) is 1.57. The normalized spacial score (nSPS) is 10.0. The van der Waals surface area contributed by atoms with Crippen molar-refractivity contribution >= 4 is 15.9 Å². The maximum absolute atomic E-state index is 11.4. The molecule has 0 rings (SSSR count). The van der Waals surface area contributed by atoms with Crippen LogP contribution in [0.25, 0.3) is 0 Å². The standard InChI is InChI=1S/C6H13BrFN/c7-3-1-2-5-9-6-4-8/h9H,1-6H2. The van der Waals surface area contributed by atoms with Crippen LogP contribution in [0.3, 0.4) is 0 Å². The molecule has 3 heteroatoms. The highest BCUT2D eigenvalue weighted by molar-refractivity contribution is 9.09. The van der Waals surface area contributed by atoms with E-state index in [4.69, 9.17) is 0 Å². The van der Waals surface area contributed by atoms with E-state index in [2.05, 4.69) is 21.2 Å². The van der Waals surface area contributed by atoms with E-state index >= 15 is 0 Å². The second-order valence-corrected chi connectivity index (χ2v) is 2.63. The van der Waals surface area contributed by atoms with E-state index in [1.54, 1.807) is 0 Å². The predicted octanol–water partition coefficient (Wildman–Crippen LogP) is 1.72. The first-order valence-corrected chi connectivity index (χ1v) is 4.36. The Morgan fingerprint density at radius 1 is 1.22 bits per heavy atom. The number of hydrogen-bond acceptors (Lipinski definition) is 1. The summed E-state index contributed by atoms with van der Waals surface area (Å²) < 4.78 is 11.4. The SMILES string of the molecule is FCCNCCCCBr. The molecular formula is C6H13BrFN. The Kier molecular flexibility index (Phi) is 8.71. The summed E-state index contributed by atoms with van der Waals surface area (Å²) >= 11 is 3.32. The topological polar surface area (TPSA) is 12.0 Å². The lowest BCUT2D eigenvalue weighted by Crippen LogP contribution is -2.17. The monoisotopic (exact) mass is 197 g/mol. The van der Waals surface area contributed by atoms with E-state index in [-0.39, 0.29) is 6.67 Å². The molecule has 0 aromatic heterocycles. The first kappa shape index (κ1) is 9.37. The number of hydrogen-bond donors (Lipinski definition) is 1. The molecule has 0 radical (unpaired) electrons. The third-order valence-electron chi connectivity index (χ3n) is 1.01. The van der Waals surface area contributed by atoms with E-state index < -0.39 is 0 Å². The molecule has 1 N–H and O–H groups in total. The summed E-state index contributed by atoms with van der Waals surface area (Å²) in [5.41, 5.74) is 0. The lowest BCUT2D eigenvalue weighted by molar-refractivity contribution is 0.465. The molecule has 0 fully saturated rings. The average molecular weight is 198 g/mol. The maximum Gasteiger partial charge on any atom is 0.102 e. The van der Waals surface area contributed by atoms with Crippen molar-refractivity contribution in [2.75, 3.05) is 25.1 Å². The number of alkyl halides is 2. The van der Waals surface area contributed by atoms with Gasteiger partial charge in [-0.05, 0) is 19.4 Å². The molecule has 9 heavy (non-hydrogen) atoms. The first-order valence-electron chi connectivity index (χ1n) is 3.24.